The molecule has 0 aromatic heterocycles. The number of fused-ring (bicyclic) bond motifs is 3. The van der Waals surface area contributed by atoms with Crippen molar-refractivity contribution in [2.24, 2.45) is 0 Å². The van der Waals surface area contributed by atoms with Crippen LogP contribution in [0.3, 0.4) is 0 Å². The maximum Gasteiger partial charge on any atom is -0.0253 e. The standard InChI is InChI=1S/C15H14.C13H9.C5H5.2ClH.Zr/c1-2-13-8-10-15(11-9-13)12-14-6-4-3-5-7-14;1-3-7-12-10(5-1)9-11-6-2-4-8-13(11)12;1-2-4-5-3-1;;;/h3-11H,2H2,1H3;1-5,7-8H,9H2;1-5H;2*1H;/q;2*-1;;;+2/p-2. The monoisotopic (exact) mass is 584 g/mol. The first-order valence-corrected chi connectivity index (χ1v) is 13.0. The molecule has 0 aliphatic heterocycles. The van der Waals surface area contributed by atoms with Crippen LogP contribution in [0.5, 0.6) is 0 Å². The molecule has 180 valence electrons. The van der Waals surface area contributed by atoms with Crippen molar-refractivity contribution < 1.29 is 49.0 Å². The van der Waals surface area contributed by atoms with E-state index in [0.29, 0.717) is 0 Å². The molecule has 5 aromatic carbocycles. The molecule has 0 unspecified atom stereocenters. The number of benzene rings is 4. The molecule has 0 heterocycles. The topological polar surface area (TPSA) is 0 Å². The van der Waals surface area contributed by atoms with Crippen molar-refractivity contribution in [3.8, 4) is 11.1 Å². The first-order chi connectivity index (χ1) is 16.8. The van der Waals surface area contributed by atoms with Crippen LogP contribution in [0.4, 0.5) is 0 Å². The predicted octanol–water partition coefficient (Wildman–Crippen LogP) is 1.84. The minimum atomic E-state index is 0. The zero-order chi connectivity index (χ0) is 23.6. The first-order valence-electron chi connectivity index (χ1n) is 11.7. The van der Waals surface area contributed by atoms with Gasteiger partial charge in [0.05, 0.1) is 0 Å². The summed E-state index contributed by atoms with van der Waals surface area (Å²) < 4.78 is 1.43. The van der Waals surface area contributed by atoms with E-state index >= 15 is 0 Å². The number of aryl methyl sites for hydroxylation is 1. The summed E-state index contributed by atoms with van der Waals surface area (Å²) in [6.07, 6.45) is 2.16. The molecule has 0 N–H and O–H groups in total. The summed E-state index contributed by atoms with van der Waals surface area (Å²) >= 11 is 1.47. The molecule has 3 heteroatoms. The van der Waals surface area contributed by atoms with E-state index < -0.39 is 0 Å². The Morgan fingerprint density at radius 2 is 1.33 bits per heavy atom. The fourth-order valence-corrected chi connectivity index (χ4v) is 4.82. The zero-order valence-electron chi connectivity index (χ0n) is 20.3. The largest absolute Gasteiger partial charge is 1.00 e. The SMILES string of the molecule is CCc1ccc([C](=[Zr+2])c2ccccc2)cc1.[Cl-].[Cl-].[c-]1cccc2c1Cc1ccccc1-2.c1cc[cH-]c1. The van der Waals surface area contributed by atoms with Gasteiger partial charge in [0.1, 0.15) is 0 Å². The minimum Gasteiger partial charge on any atom is -1.00 e. The maximum absolute atomic E-state index is 3.30. The Morgan fingerprint density at radius 3 is 1.97 bits per heavy atom. The van der Waals surface area contributed by atoms with Crippen molar-refractivity contribution in [2.45, 2.75) is 19.8 Å². The van der Waals surface area contributed by atoms with Gasteiger partial charge in [-0.2, -0.15) is 48.0 Å². The Hall–Kier alpha value is -2.44. The zero-order valence-corrected chi connectivity index (χ0v) is 24.3. The van der Waals surface area contributed by atoms with E-state index in [0.717, 1.165) is 12.8 Å². The molecule has 0 saturated heterocycles. The molecule has 1 aliphatic rings. The fraction of sp³-hybridized carbons (Fsp3) is 0.0909. The molecule has 36 heavy (non-hydrogen) atoms. The Balaban J connectivity index is 0.000000205. The average molecular weight is 587 g/mol. The first kappa shape index (κ1) is 29.8. The van der Waals surface area contributed by atoms with E-state index in [-0.39, 0.29) is 24.8 Å². The molecule has 5 aromatic rings. The van der Waals surface area contributed by atoms with E-state index in [9.17, 15) is 0 Å². The van der Waals surface area contributed by atoms with Crippen LogP contribution in [0.2, 0.25) is 0 Å². The van der Waals surface area contributed by atoms with Crippen LogP contribution < -0.4 is 24.8 Å². The van der Waals surface area contributed by atoms with Crippen molar-refractivity contribution in [2.75, 3.05) is 0 Å². The summed E-state index contributed by atoms with van der Waals surface area (Å²) in [6.45, 7) is 2.19. The second-order valence-electron chi connectivity index (χ2n) is 8.15. The van der Waals surface area contributed by atoms with E-state index in [1.54, 1.807) is 0 Å². The quantitative estimate of drug-likeness (QED) is 0.278. The van der Waals surface area contributed by atoms with Gasteiger partial charge in [0.15, 0.2) is 0 Å². The van der Waals surface area contributed by atoms with Crippen molar-refractivity contribution in [1.29, 1.82) is 0 Å². The third-order valence-corrected chi connectivity index (χ3v) is 7.30. The van der Waals surface area contributed by atoms with Crippen LogP contribution >= 0.6 is 0 Å². The summed E-state index contributed by atoms with van der Waals surface area (Å²) in [7, 11) is 0. The molecule has 6 rings (SSSR count). The van der Waals surface area contributed by atoms with Crippen molar-refractivity contribution in [3.63, 3.8) is 0 Å². The summed E-state index contributed by atoms with van der Waals surface area (Å²) in [4.78, 5) is 0. The molecule has 1 aliphatic carbocycles. The molecule has 0 saturated carbocycles. The van der Waals surface area contributed by atoms with E-state index in [4.69, 9.17) is 0 Å². The van der Waals surface area contributed by atoms with Crippen LogP contribution in [0.1, 0.15) is 34.7 Å². The number of hydrogen-bond donors (Lipinski definition) is 0. The van der Waals surface area contributed by atoms with Gasteiger partial charge in [0.25, 0.3) is 0 Å². The number of hydrogen-bond acceptors (Lipinski definition) is 0. The van der Waals surface area contributed by atoms with Gasteiger partial charge in [-0.1, -0.05) is 35.4 Å². The Labute approximate surface area is 242 Å². The number of rotatable bonds is 3. The van der Waals surface area contributed by atoms with Gasteiger partial charge in [-0.3, -0.25) is 0 Å². The fourth-order valence-electron chi connectivity index (χ4n) is 4.00. The van der Waals surface area contributed by atoms with Gasteiger partial charge in [0.2, 0.25) is 0 Å². The van der Waals surface area contributed by atoms with Crippen LogP contribution in [0.15, 0.2) is 127 Å². The predicted molar refractivity (Wildman–Crippen MR) is 141 cm³/mol. The molecule has 0 nitrogen and oxygen atoms in total. The third-order valence-electron chi connectivity index (χ3n) is 5.89. The molecular weight excluding hydrogens is 558 g/mol. The third kappa shape index (κ3) is 8.04. The van der Waals surface area contributed by atoms with Crippen LogP contribution in [-0.2, 0) is 37.1 Å². The van der Waals surface area contributed by atoms with Crippen LogP contribution in [0, 0.1) is 6.07 Å². The summed E-state index contributed by atoms with van der Waals surface area (Å²) in [5.74, 6) is 0. The van der Waals surface area contributed by atoms with Gasteiger partial charge in [-0.25, -0.2) is 12.1 Å². The van der Waals surface area contributed by atoms with Gasteiger partial charge in [0, 0.05) is 0 Å². The molecule has 0 amide bonds. The van der Waals surface area contributed by atoms with Gasteiger partial charge in [-0.15, -0.1) is 5.56 Å². The van der Waals surface area contributed by atoms with Gasteiger partial charge < -0.3 is 24.8 Å². The molecule has 0 spiro atoms. The van der Waals surface area contributed by atoms with Crippen molar-refractivity contribution >= 4 is 3.21 Å². The molecule has 0 atom stereocenters. The van der Waals surface area contributed by atoms with Crippen molar-refractivity contribution in [1.82, 2.24) is 0 Å². The Bertz CT molecular complexity index is 1250. The summed E-state index contributed by atoms with van der Waals surface area (Å²) in [6, 6.07) is 47.6. The van der Waals surface area contributed by atoms with Crippen LogP contribution in [0.25, 0.3) is 11.1 Å². The Morgan fingerprint density at radius 1 is 0.722 bits per heavy atom. The van der Waals surface area contributed by atoms with E-state index in [1.807, 2.05) is 36.4 Å². The molecular formula is C33H28Cl2Zr-2. The second-order valence-corrected chi connectivity index (χ2v) is 9.38. The molecule has 0 bridgehead atoms. The number of halogens is 2. The molecule has 0 fully saturated rings. The van der Waals surface area contributed by atoms with Gasteiger partial charge >= 0.3 is 112 Å². The van der Waals surface area contributed by atoms with Crippen LogP contribution in [-0.4, -0.2) is 3.21 Å². The average Bonchev–Trinajstić information content (AvgIpc) is 3.61. The van der Waals surface area contributed by atoms with E-state index in [1.165, 1.54) is 66.4 Å². The van der Waals surface area contributed by atoms with E-state index in [2.05, 4.69) is 104 Å². The normalized spacial score (nSPS) is 10.1. The smallest absolute Gasteiger partial charge is 0.0253 e. The van der Waals surface area contributed by atoms with Gasteiger partial charge in [-0.05, 0) is 6.42 Å². The van der Waals surface area contributed by atoms with Crippen molar-refractivity contribution in [3.05, 3.63) is 161 Å². The Kier molecular flexibility index (Phi) is 12.9. The molecule has 0 radical (unpaired) electrons. The minimum absolute atomic E-state index is 0. The summed E-state index contributed by atoms with van der Waals surface area (Å²) in [5, 5.41) is 0. The maximum atomic E-state index is 3.30. The summed E-state index contributed by atoms with van der Waals surface area (Å²) in [5.41, 5.74) is 9.60. The second kappa shape index (κ2) is 15.6.